The van der Waals surface area contributed by atoms with Crippen LogP contribution < -0.4 is 15.3 Å². The average molecular weight is 581 g/mol. The molecule has 2 aliphatic rings. The zero-order valence-corrected chi connectivity index (χ0v) is 25.3. The lowest BCUT2D eigenvalue weighted by Gasteiger charge is -2.38. The normalized spacial score (nSPS) is 15.2. The van der Waals surface area contributed by atoms with Crippen molar-refractivity contribution in [2.24, 2.45) is 0 Å². The molecule has 2 saturated heterocycles. The van der Waals surface area contributed by atoms with E-state index in [-0.39, 0.29) is 31.3 Å². The molecule has 3 amide bonds. The molecule has 10 heteroatoms. The predicted octanol–water partition coefficient (Wildman–Crippen LogP) is 3.08. The van der Waals surface area contributed by atoms with E-state index in [1.165, 1.54) is 11.4 Å². The van der Waals surface area contributed by atoms with E-state index in [9.17, 15) is 14.4 Å². The van der Waals surface area contributed by atoms with Crippen LogP contribution >= 0.6 is 0 Å². The number of carbonyl (C=O) groups excluding carboxylic acids is 3. The molecule has 2 heterocycles. The number of nitrogens with one attached hydrogen (secondary N) is 1. The molecule has 0 radical (unpaired) electrons. The van der Waals surface area contributed by atoms with Crippen LogP contribution in [0.3, 0.4) is 0 Å². The van der Waals surface area contributed by atoms with E-state index in [0.717, 1.165) is 39.0 Å². The van der Waals surface area contributed by atoms with E-state index < -0.39 is 5.91 Å². The van der Waals surface area contributed by atoms with Gasteiger partial charge in [0.2, 0.25) is 17.7 Å². The highest BCUT2D eigenvalue weighted by molar-refractivity contribution is 5.81. The molecule has 0 spiro atoms. The Hall–Kier alpha value is -3.63. The van der Waals surface area contributed by atoms with E-state index in [4.69, 9.17) is 5.21 Å². The lowest BCUT2D eigenvalue weighted by Crippen LogP contribution is -2.54. The highest BCUT2D eigenvalue weighted by atomic mass is 16.5. The van der Waals surface area contributed by atoms with Crippen molar-refractivity contribution in [2.75, 3.05) is 81.8 Å². The van der Waals surface area contributed by atoms with Crippen molar-refractivity contribution in [3.63, 3.8) is 0 Å². The van der Waals surface area contributed by atoms with Crippen molar-refractivity contribution in [3.8, 4) is 0 Å². The van der Waals surface area contributed by atoms with E-state index in [1.807, 2.05) is 64.9 Å². The first-order chi connectivity index (χ1) is 20.5. The standard InChI is InChI=1S/C30H42N6O4.C2H6/c37-28(31-40)14-8-3-9-15-32(24-29(38)35-20-16-33(17-21-35)26-10-4-1-5-11-26)25-30(39)36-22-18-34(19-23-36)27-12-6-2-7-13-27;1-2/h1-2,4-7,10-13,40H,3,8-9,14-25H2,(H,31,37);1-2H3. The number of carbonyl (C=O) groups is 3. The van der Waals surface area contributed by atoms with E-state index >= 15 is 0 Å². The Morgan fingerprint density at radius 3 is 1.50 bits per heavy atom. The maximum atomic E-state index is 13.3. The number of hydrogen-bond donors (Lipinski definition) is 2. The van der Waals surface area contributed by atoms with Crippen LogP contribution in [0.1, 0.15) is 39.5 Å². The van der Waals surface area contributed by atoms with Gasteiger partial charge in [0.05, 0.1) is 13.1 Å². The minimum Gasteiger partial charge on any atom is -0.368 e. The fourth-order valence-electron chi connectivity index (χ4n) is 5.36. The van der Waals surface area contributed by atoms with Crippen molar-refractivity contribution < 1.29 is 19.6 Å². The van der Waals surface area contributed by atoms with Crippen LogP contribution in [0.4, 0.5) is 11.4 Å². The fraction of sp³-hybridized carbons (Fsp3) is 0.531. The number of rotatable bonds is 12. The van der Waals surface area contributed by atoms with Gasteiger partial charge in [0.25, 0.3) is 0 Å². The molecule has 0 atom stereocenters. The van der Waals surface area contributed by atoms with Crippen molar-refractivity contribution in [3.05, 3.63) is 60.7 Å². The summed E-state index contributed by atoms with van der Waals surface area (Å²) >= 11 is 0. The lowest BCUT2D eigenvalue weighted by atomic mass is 10.1. The maximum Gasteiger partial charge on any atom is 0.243 e. The molecule has 0 saturated carbocycles. The van der Waals surface area contributed by atoms with Crippen LogP contribution in [0.25, 0.3) is 0 Å². The maximum absolute atomic E-state index is 13.3. The SMILES string of the molecule is CC.O=C(CCCCCN(CC(=O)N1CCN(c2ccccc2)CC1)CC(=O)N1CCN(c2ccccc2)CC1)NO. The number of piperazine rings is 2. The molecule has 0 unspecified atom stereocenters. The summed E-state index contributed by atoms with van der Waals surface area (Å²) in [4.78, 5) is 48.2. The average Bonchev–Trinajstić information content (AvgIpc) is 3.06. The highest BCUT2D eigenvalue weighted by Crippen LogP contribution is 2.17. The minimum absolute atomic E-state index is 0.0501. The second-order valence-electron chi connectivity index (χ2n) is 10.5. The molecule has 0 bridgehead atoms. The molecule has 10 nitrogen and oxygen atoms in total. The molecule has 2 aliphatic heterocycles. The van der Waals surface area contributed by atoms with Gasteiger partial charge in [-0.2, -0.15) is 0 Å². The highest BCUT2D eigenvalue weighted by Gasteiger charge is 2.26. The van der Waals surface area contributed by atoms with Gasteiger partial charge in [-0.1, -0.05) is 56.7 Å². The zero-order chi connectivity index (χ0) is 30.2. The molecule has 2 aromatic carbocycles. The molecule has 230 valence electrons. The van der Waals surface area contributed by atoms with Gasteiger partial charge in [-0.15, -0.1) is 0 Å². The first-order valence-corrected chi connectivity index (χ1v) is 15.3. The number of hydroxylamine groups is 1. The van der Waals surface area contributed by atoms with Gasteiger partial charge in [-0.05, 0) is 43.7 Å². The molecule has 0 aliphatic carbocycles. The number of nitrogens with zero attached hydrogens (tertiary/aromatic N) is 5. The summed E-state index contributed by atoms with van der Waals surface area (Å²) in [5.41, 5.74) is 4.00. The Morgan fingerprint density at radius 1 is 0.667 bits per heavy atom. The first kappa shape index (κ1) is 32.9. The van der Waals surface area contributed by atoms with Crippen molar-refractivity contribution in [1.29, 1.82) is 0 Å². The monoisotopic (exact) mass is 580 g/mol. The topological polar surface area (TPSA) is 99.7 Å². The number of para-hydroxylation sites is 2. The molecule has 2 fully saturated rings. The third kappa shape index (κ3) is 10.3. The van der Waals surface area contributed by atoms with Crippen LogP contribution in [-0.2, 0) is 14.4 Å². The van der Waals surface area contributed by atoms with Gasteiger partial charge < -0.3 is 19.6 Å². The van der Waals surface area contributed by atoms with E-state index in [0.29, 0.717) is 39.1 Å². The summed E-state index contributed by atoms with van der Waals surface area (Å²) in [6, 6.07) is 20.5. The van der Waals surface area contributed by atoms with Gasteiger partial charge in [0.1, 0.15) is 0 Å². The number of unbranched alkanes of at least 4 members (excludes halogenated alkanes) is 2. The lowest BCUT2D eigenvalue weighted by molar-refractivity contribution is -0.136. The smallest absolute Gasteiger partial charge is 0.243 e. The fourth-order valence-corrected chi connectivity index (χ4v) is 5.36. The zero-order valence-electron chi connectivity index (χ0n) is 25.3. The number of anilines is 2. The molecule has 0 aromatic heterocycles. The van der Waals surface area contributed by atoms with Crippen molar-refractivity contribution >= 4 is 29.1 Å². The molecule has 2 N–H and O–H groups in total. The number of hydrogen-bond acceptors (Lipinski definition) is 7. The minimum atomic E-state index is -0.397. The first-order valence-electron chi connectivity index (χ1n) is 15.3. The molecule has 42 heavy (non-hydrogen) atoms. The Bertz CT molecular complexity index is 997. The summed E-state index contributed by atoms with van der Waals surface area (Å²) < 4.78 is 0. The van der Waals surface area contributed by atoms with E-state index in [2.05, 4.69) is 34.1 Å². The van der Waals surface area contributed by atoms with Gasteiger partial charge in [0.15, 0.2) is 0 Å². The van der Waals surface area contributed by atoms with E-state index in [1.54, 1.807) is 5.48 Å². The van der Waals surface area contributed by atoms with Gasteiger partial charge >= 0.3 is 0 Å². The summed E-state index contributed by atoms with van der Waals surface area (Å²) in [5, 5.41) is 8.69. The molecular weight excluding hydrogens is 532 g/mol. The predicted molar refractivity (Wildman–Crippen MR) is 167 cm³/mol. The van der Waals surface area contributed by atoms with Gasteiger partial charge in [-0.25, -0.2) is 5.48 Å². The molecule has 4 rings (SSSR count). The van der Waals surface area contributed by atoms with Crippen LogP contribution in [0, 0.1) is 0 Å². The summed E-state index contributed by atoms with van der Waals surface area (Å²) in [6.07, 6.45) is 2.44. The Morgan fingerprint density at radius 2 is 1.10 bits per heavy atom. The molecule has 2 aromatic rings. The van der Waals surface area contributed by atoms with Crippen LogP contribution in [-0.4, -0.2) is 110 Å². The van der Waals surface area contributed by atoms with Gasteiger partial charge in [0, 0.05) is 70.2 Å². The third-order valence-corrected chi connectivity index (χ3v) is 7.73. The Labute approximate surface area is 250 Å². The third-order valence-electron chi connectivity index (χ3n) is 7.73. The van der Waals surface area contributed by atoms with Gasteiger partial charge in [-0.3, -0.25) is 24.5 Å². The second-order valence-corrected chi connectivity index (χ2v) is 10.5. The Balaban J connectivity index is 0.00000237. The molecular formula is C32H48N6O4. The quantitative estimate of drug-likeness (QED) is 0.226. The summed E-state index contributed by atoms with van der Waals surface area (Å²) in [5.74, 6) is -0.297. The van der Waals surface area contributed by atoms with Crippen LogP contribution in [0.5, 0.6) is 0 Å². The van der Waals surface area contributed by atoms with Crippen LogP contribution in [0.15, 0.2) is 60.7 Å². The summed E-state index contributed by atoms with van der Waals surface area (Å²) in [7, 11) is 0. The second kappa shape index (κ2) is 18.0. The summed E-state index contributed by atoms with van der Waals surface area (Å²) in [6.45, 7) is 10.8. The Kier molecular flexibility index (Phi) is 14.1. The largest absolute Gasteiger partial charge is 0.368 e. The van der Waals surface area contributed by atoms with Crippen molar-refractivity contribution in [1.82, 2.24) is 20.2 Å². The number of amides is 3. The van der Waals surface area contributed by atoms with Crippen molar-refractivity contribution in [2.45, 2.75) is 39.5 Å². The van der Waals surface area contributed by atoms with Crippen LogP contribution in [0.2, 0.25) is 0 Å². The number of benzene rings is 2.